The minimum absolute atomic E-state index is 0.0736. The van der Waals surface area contributed by atoms with E-state index >= 15 is 0 Å². The van der Waals surface area contributed by atoms with Crippen LogP contribution in [0.15, 0.2) is 65.1 Å². The largest absolute Gasteiger partial charge is 0.484 e. The highest BCUT2D eigenvalue weighted by Gasteiger charge is 2.22. The molecular formula is C25H22N4O3. The second-order valence-electron chi connectivity index (χ2n) is 7.56. The molecule has 0 aliphatic carbocycles. The molecule has 4 rings (SSSR count). The first-order chi connectivity index (χ1) is 15.7. The van der Waals surface area contributed by atoms with Gasteiger partial charge in [-0.3, -0.25) is 4.79 Å². The third kappa shape index (κ3) is 4.91. The average Bonchev–Trinajstić information content (AvgIpc) is 3.33. The molecule has 1 amide bonds. The molecule has 7 nitrogen and oxygen atoms in total. The van der Waals surface area contributed by atoms with E-state index in [1.165, 1.54) is 0 Å². The molecule has 2 aromatic carbocycles. The van der Waals surface area contributed by atoms with Gasteiger partial charge in [-0.2, -0.15) is 10.5 Å². The average molecular weight is 426 g/mol. The molecule has 1 fully saturated rings. The molecule has 2 heterocycles. The fourth-order valence-electron chi connectivity index (χ4n) is 3.70. The zero-order chi connectivity index (χ0) is 22.3. The molecule has 0 spiro atoms. The van der Waals surface area contributed by atoms with E-state index < -0.39 is 0 Å². The monoisotopic (exact) mass is 426 g/mol. The molecule has 0 atom stereocenters. The smallest absolute Gasteiger partial charge is 0.287 e. The number of piperidine rings is 1. The Balaban J connectivity index is 1.27. The highest BCUT2D eigenvalue weighted by atomic mass is 16.5. The number of benzene rings is 2. The zero-order valence-corrected chi connectivity index (χ0v) is 17.5. The first kappa shape index (κ1) is 21.0. The number of anilines is 1. The lowest BCUT2D eigenvalue weighted by Gasteiger charge is -2.33. The Labute approximate surface area is 186 Å². The maximum Gasteiger partial charge on any atom is 0.287 e. The lowest BCUT2D eigenvalue weighted by molar-refractivity contribution is 0.0899. The van der Waals surface area contributed by atoms with Gasteiger partial charge in [0, 0.05) is 24.8 Å². The van der Waals surface area contributed by atoms with Gasteiger partial charge in [-0.1, -0.05) is 12.1 Å². The fourth-order valence-corrected chi connectivity index (χ4v) is 3.70. The number of para-hydroxylation sites is 1. The van der Waals surface area contributed by atoms with E-state index in [9.17, 15) is 4.79 Å². The van der Waals surface area contributed by atoms with Crippen molar-refractivity contribution in [3.63, 3.8) is 0 Å². The number of carbonyl (C=O) groups excluding carboxylic acids is 1. The highest BCUT2D eigenvalue weighted by Crippen LogP contribution is 2.22. The van der Waals surface area contributed by atoms with Crippen LogP contribution in [0.2, 0.25) is 0 Å². The summed E-state index contributed by atoms with van der Waals surface area (Å²) in [5.74, 6) is 0.988. The molecule has 160 valence electrons. The number of carbonyl (C=O) groups is 1. The lowest BCUT2D eigenvalue weighted by atomic mass is 10.0. The Morgan fingerprint density at radius 2 is 1.78 bits per heavy atom. The summed E-state index contributed by atoms with van der Waals surface area (Å²) in [6.07, 6.45) is 1.65. The van der Waals surface area contributed by atoms with Crippen LogP contribution in [0.1, 0.15) is 40.3 Å². The van der Waals surface area contributed by atoms with Crippen LogP contribution in [-0.4, -0.2) is 25.0 Å². The molecule has 1 aliphatic rings. The van der Waals surface area contributed by atoms with Crippen molar-refractivity contribution in [2.75, 3.05) is 18.0 Å². The van der Waals surface area contributed by atoms with E-state index in [1.807, 2.05) is 24.3 Å². The Morgan fingerprint density at radius 1 is 1.03 bits per heavy atom. The summed E-state index contributed by atoms with van der Waals surface area (Å²) >= 11 is 0. The quantitative estimate of drug-likeness (QED) is 0.639. The van der Waals surface area contributed by atoms with E-state index in [4.69, 9.17) is 19.7 Å². The first-order valence-electron chi connectivity index (χ1n) is 10.4. The van der Waals surface area contributed by atoms with Crippen molar-refractivity contribution in [1.29, 1.82) is 10.5 Å². The summed E-state index contributed by atoms with van der Waals surface area (Å²) in [6, 6.07) is 22.2. The maximum atomic E-state index is 12.6. The predicted molar refractivity (Wildman–Crippen MR) is 118 cm³/mol. The van der Waals surface area contributed by atoms with Crippen LogP contribution in [0, 0.1) is 22.7 Å². The summed E-state index contributed by atoms with van der Waals surface area (Å²) in [5, 5.41) is 21.1. The third-order valence-corrected chi connectivity index (χ3v) is 5.45. The number of rotatable bonds is 6. The van der Waals surface area contributed by atoms with Crippen molar-refractivity contribution in [3.8, 4) is 17.9 Å². The number of ether oxygens (including phenoxy) is 1. The van der Waals surface area contributed by atoms with E-state index in [0.717, 1.165) is 31.6 Å². The maximum absolute atomic E-state index is 12.6. The summed E-state index contributed by atoms with van der Waals surface area (Å²) in [5.41, 5.74) is 2.18. The molecule has 0 saturated carbocycles. The van der Waals surface area contributed by atoms with Gasteiger partial charge < -0.3 is 19.4 Å². The fraction of sp³-hybridized carbons (Fsp3) is 0.240. The summed E-state index contributed by atoms with van der Waals surface area (Å²) in [4.78, 5) is 14.8. The van der Waals surface area contributed by atoms with Crippen LogP contribution in [-0.2, 0) is 6.61 Å². The molecule has 0 radical (unpaired) electrons. The van der Waals surface area contributed by atoms with Crippen LogP contribution < -0.4 is 15.0 Å². The molecule has 1 aromatic heterocycles. The second kappa shape index (κ2) is 9.72. The second-order valence-corrected chi connectivity index (χ2v) is 7.56. The molecule has 0 unspecified atom stereocenters. The van der Waals surface area contributed by atoms with Gasteiger partial charge in [0.2, 0.25) is 0 Å². The summed E-state index contributed by atoms with van der Waals surface area (Å²) in [6.45, 7) is 1.79. The number of amides is 1. The number of hydrogen-bond donors (Lipinski definition) is 1. The lowest BCUT2D eigenvalue weighted by Crippen LogP contribution is -2.44. The van der Waals surface area contributed by atoms with Gasteiger partial charge >= 0.3 is 0 Å². The van der Waals surface area contributed by atoms with Crippen LogP contribution >= 0.6 is 0 Å². The van der Waals surface area contributed by atoms with Gasteiger partial charge in [-0.05, 0) is 61.4 Å². The van der Waals surface area contributed by atoms with Gasteiger partial charge in [0.1, 0.15) is 24.2 Å². The molecule has 7 heteroatoms. The van der Waals surface area contributed by atoms with Crippen molar-refractivity contribution < 1.29 is 13.9 Å². The molecule has 1 aliphatic heterocycles. The summed E-state index contributed by atoms with van der Waals surface area (Å²) < 4.78 is 11.3. The Hall–Kier alpha value is -4.23. The van der Waals surface area contributed by atoms with Crippen molar-refractivity contribution >= 4 is 11.6 Å². The van der Waals surface area contributed by atoms with Crippen molar-refractivity contribution in [2.24, 2.45) is 0 Å². The van der Waals surface area contributed by atoms with Crippen LogP contribution in [0.3, 0.4) is 0 Å². The Bertz CT molecular complexity index is 1160. The topological polar surface area (TPSA) is 102 Å². The molecule has 1 saturated heterocycles. The van der Waals surface area contributed by atoms with Gasteiger partial charge in [0.05, 0.1) is 17.2 Å². The number of furan rings is 1. The summed E-state index contributed by atoms with van der Waals surface area (Å²) in [7, 11) is 0. The van der Waals surface area contributed by atoms with E-state index in [0.29, 0.717) is 22.6 Å². The Kier molecular flexibility index (Phi) is 6.38. The van der Waals surface area contributed by atoms with Crippen LogP contribution in [0.4, 0.5) is 5.69 Å². The van der Waals surface area contributed by atoms with Gasteiger partial charge in [-0.15, -0.1) is 0 Å². The van der Waals surface area contributed by atoms with E-state index in [-0.39, 0.29) is 24.3 Å². The van der Waals surface area contributed by atoms with E-state index in [2.05, 4.69) is 22.4 Å². The van der Waals surface area contributed by atoms with Gasteiger partial charge in [0.15, 0.2) is 5.76 Å². The highest BCUT2D eigenvalue weighted by molar-refractivity contribution is 5.91. The van der Waals surface area contributed by atoms with Gasteiger partial charge in [0.25, 0.3) is 5.91 Å². The number of nitrogens with zero attached hydrogens (tertiary/aromatic N) is 3. The zero-order valence-electron chi connectivity index (χ0n) is 17.5. The third-order valence-electron chi connectivity index (χ3n) is 5.45. The molecular weight excluding hydrogens is 404 g/mol. The van der Waals surface area contributed by atoms with Crippen LogP contribution in [0.5, 0.6) is 5.75 Å². The van der Waals surface area contributed by atoms with Crippen molar-refractivity contribution in [3.05, 3.63) is 83.3 Å². The minimum atomic E-state index is -0.245. The predicted octanol–water partition coefficient (Wildman–Crippen LogP) is 4.00. The molecule has 32 heavy (non-hydrogen) atoms. The number of hydrogen-bond acceptors (Lipinski definition) is 6. The first-order valence-corrected chi connectivity index (χ1v) is 10.4. The normalized spacial score (nSPS) is 13.8. The standard InChI is InChI=1S/C25H22N4O3/c26-15-18-5-7-21(8-6-18)29-13-11-20(12-14-29)28-25(30)24-10-9-22(32-24)17-31-23-4-2-1-3-19(23)16-27/h1-10,20H,11-14,17H2,(H,28,30). The number of nitriles is 2. The van der Waals surface area contributed by atoms with Crippen molar-refractivity contribution in [2.45, 2.75) is 25.5 Å². The molecule has 3 aromatic rings. The van der Waals surface area contributed by atoms with Gasteiger partial charge in [-0.25, -0.2) is 0 Å². The number of nitrogens with one attached hydrogen (secondary N) is 1. The van der Waals surface area contributed by atoms with E-state index in [1.54, 1.807) is 36.4 Å². The minimum Gasteiger partial charge on any atom is -0.484 e. The molecule has 0 bridgehead atoms. The molecule has 1 N–H and O–H groups in total. The van der Waals surface area contributed by atoms with Crippen molar-refractivity contribution in [1.82, 2.24) is 5.32 Å². The van der Waals surface area contributed by atoms with Crippen LogP contribution in [0.25, 0.3) is 0 Å². The Morgan fingerprint density at radius 3 is 2.50 bits per heavy atom. The SMILES string of the molecule is N#Cc1ccc(N2CCC(NC(=O)c3ccc(COc4ccccc4C#N)o3)CC2)cc1.